The molecule has 1 heterocycles. The number of hydrogen-bond acceptors (Lipinski definition) is 6. The summed E-state index contributed by atoms with van der Waals surface area (Å²) >= 11 is 0. The average Bonchev–Trinajstić information content (AvgIpc) is 2.56. The van der Waals surface area contributed by atoms with Crippen LogP contribution >= 0.6 is 0 Å². The first-order chi connectivity index (χ1) is 13.3. The van der Waals surface area contributed by atoms with Gasteiger partial charge in [-0.1, -0.05) is 24.3 Å². The van der Waals surface area contributed by atoms with Crippen molar-refractivity contribution < 1.29 is 28.5 Å². The van der Waals surface area contributed by atoms with Gasteiger partial charge in [0, 0.05) is 6.42 Å². The van der Waals surface area contributed by atoms with Crippen molar-refractivity contribution >= 4 is 17.5 Å². The molecule has 2 unspecified atom stereocenters. The number of esters is 2. The molecule has 1 aliphatic rings. The molecule has 0 aliphatic carbocycles. The zero-order valence-electron chi connectivity index (χ0n) is 18.2. The van der Waals surface area contributed by atoms with Crippen LogP contribution in [0.3, 0.4) is 0 Å². The quantitative estimate of drug-likeness (QED) is 0.649. The Labute approximate surface area is 173 Å². The summed E-state index contributed by atoms with van der Waals surface area (Å²) in [5.74, 6) is -1.63. The first-order valence-electron chi connectivity index (χ1n) is 9.85. The fourth-order valence-electron chi connectivity index (χ4n) is 3.16. The van der Waals surface area contributed by atoms with Gasteiger partial charge in [0.25, 0.3) is 0 Å². The van der Waals surface area contributed by atoms with Gasteiger partial charge >= 0.3 is 11.9 Å². The third kappa shape index (κ3) is 7.63. The van der Waals surface area contributed by atoms with Crippen LogP contribution in [0.1, 0.15) is 70.3 Å². The summed E-state index contributed by atoms with van der Waals surface area (Å²) in [7, 11) is 0. The summed E-state index contributed by atoms with van der Waals surface area (Å²) in [6.45, 7) is 14.9. The highest BCUT2D eigenvalue weighted by atomic mass is 16.7. The van der Waals surface area contributed by atoms with Crippen LogP contribution in [-0.2, 0) is 23.7 Å². The monoisotopic (exact) mass is 404 g/mol. The van der Waals surface area contributed by atoms with Crippen LogP contribution in [0.5, 0.6) is 0 Å². The van der Waals surface area contributed by atoms with Crippen molar-refractivity contribution in [3.63, 3.8) is 0 Å². The highest BCUT2D eigenvalue weighted by molar-refractivity contribution is 5.89. The number of hydrogen-bond donors (Lipinski definition) is 0. The summed E-state index contributed by atoms with van der Waals surface area (Å²) in [5.41, 5.74) is 1.82. The largest absolute Gasteiger partial charge is 0.460 e. The van der Waals surface area contributed by atoms with Gasteiger partial charge in [0.05, 0.1) is 24.2 Å². The number of benzene rings is 1. The maximum Gasteiger partial charge on any atom is 0.338 e. The van der Waals surface area contributed by atoms with Gasteiger partial charge in [0.1, 0.15) is 12.2 Å². The molecule has 6 heteroatoms. The van der Waals surface area contributed by atoms with Gasteiger partial charge in [0.2, 0.25) is 0 Å². The lowest BCUT2D eigenvalue weighted by atomic mass is 10.1. The SMILES string of the molecule is C=C(C)c1ccc(C(=O)OCC2CC(CC(=O)OC(C)(C)C)OC(C)(C)O2)cc1. The van der Waals surface area contributed by atoms with E-state index in [2.05, 4.69) is 6.58 Å². The molecular formula is C23H32O6. The Morgan fingerprint density at radius 3 is 2.21 bits per heavy atom. The summed E-state index contributed by atoms with van der Waals surface area (Å²) in [4.78, 5) is 24.5. The summed E-state index contributed by atoms with van der Waals surface area (Å²) in [6, 6.07) is 7.10. The second kappa shape index (κ2) is 9.09. The zero-order valence-corrected chi connectivity index (χ0v) is 18.2. The van der Waals surface area contributed by atoms with Gasteiger partial charge in [-0.25, -0.2) is 4.79 Å². The van der Waals surface area contributed by atoms with Crippen molar-refractivity contribution in [1.29, 1.82) is 0 Å². The Morgan fingerprint density at radius 1 is 1.10 bits per heavy atom. The number of carbonyl (C=O) groups is 2. The first-order valence-corrected chi connectivity index (χ1v) is 9.85. The minimum absolute atomic E-state index is 0.0820. The molecule has 0 bridgehead atoms. The lowest BCUT2D eigenvalue weighted by Crippen LogP contribution is -2.47. The van der Waals surface area contributed by atoms with E-state index < -0.39 is 17.4 Å². The number of rotatable bonds is 6. The highest BCUT2D eigenvalue weighted by Crippen LogP contribution is 2.29. The lowest BCUT2D eigenvalue weighted by molar-refractivity contribution is -0.304. The van der Waals surface area contributed by atoms with Crippen LogP contribution in [0.15, 0.2) is 30.8 Å². The smallest absolute Gasteiger partial charge is 0.338 e. The molecule has 1 fully saturated rings. The number of ether oxygens (including phenoxy) is 4. The molecular weight excluding hydrogens is 372 g/mol. The van der Waals surface area contributed by atoms with Crippen LogP contribution in [-0.4, -0.2) is 42.1 Å². The van der Waals surface area contributed by atoms with E-state index in [1.54, 1.807) is 26.0 Å². The van der Waals surface area contributed by atoms with Crippen LogP contribution in [0.2, 0.25) is 0 Å². The van der Waals surface area contributed by atoms with E-state index in [0.717, 1.165) is 11.1 Å². The van der Waals surface area contributed by atoms with E-state index in [0.29, 0.717) is 12.0 Å². The van der Waals surface area contributed by atoms with E-state index in [1.165, 1.54) is 0 Å². The van der Waals surface area contributed by atoms with E-state index in [1.807, 2.05) is 39.8 Å². The summed E-state index contributed by atoms with van der Waals surface area (Å²) in [6.07, 6.45) is -0.182. The maximum absolute atomic E-state index is 12.3. The molecule has 2 rings (SSSR count). The molecule has 29 heavy (non-hydrogen) atoms. The Kier molecular flexibility index (Phi) is 7.25. The minimum atomic E-state index is -0.884. The highest BCUT2D eigenvalue weighted by Gasteiger charge is 2.37. The van der Waals surface area contributed by atoms with Crippen molar-refractivity contribution in [3.05, 3.63) is 42.0 Å². The minimum Gasteiger partial charge on any atom is -0.460 e. The molecule has 0 saturated carbocycles. The van der Waals surface area contributed by atoms with Gasteiger partial charge in [0.15, 0.2) is 5.79 Å². The molecule has 0 aromatic heterocycles. The predicted molar refractivity (Wildman–Crippen MR) is 110 cm³/mol. The third-order valence-electron chi connectivity index (χ3n) is 4.25. The Hall–Kier alpha value is -2.18. The predicted octanol–water partition coefficient (Wildman–Crippen LogP) is 4.52. The van der Waals surface area contributed by atoms with E-state index in [9.17, 15) is 9.59 Å². The van der Waals surface area contributed by atoms with E-state index in [4.69, 9.17) is 18.9 Å². The molecule has 0 spiro atoms. The summed E-state index contributed by atoms with van der Waals surface area (Å²) in [5, 5.41) is 0. The van der Waals surface area contributed by atoms with Crippen molar-refractivity contribution in [2.75, 3.05) is 6.61 Å². The zero-order chi connectivity index (χ0) is 21.8. The fraction of sp³-hybridized carbons (Fsp3) is 0.565. The molecule has 2 atom stereocenters. The van der Waals surface area contributed by atoms with Crippen LogP contribution in [0.4, 0.5) is 0 Å². The van der Waals surface area contributed by atoms with Gasteiger partial charge < -0.3 is 18.9 Å². The molecule has 1 aromatic rings. The Balaban J connectivity index is 1.92. The average molecular weight is 405 g/mol. The second-order valence-corrected chi connectivity index (χ2v) is 8.86. The van der Waals surface area contributed by atoms with Crippen molar-refractivity contribution in [1.82, 2.24) is 0 Å². The van der Waals surface area contributed by atoms with Gasteiger partial charge in [-0.15, -0.1) is 0 Å². The summed E-state index contributed by atoms with van der Waals surface area (Å²) < 4.78 is 22.5. The molecule has 1 aliphatic heterocycles. The van der Waals surface area contributed by atoms with E-state index in [-0.39, 0.29) is 31.2 Å². The van der Waals surface area contributed by atoms with Crippen LogP contribution < -0.4 is 0 Å². The molecule has 6 nitrogen and oxygen atoms in total. The first kappa shape index (κ1) is 23.1. The molecule has 0 N–H and O–H groups in total. The lowest BCUT2D eigenvalue weighted by Gasteiger charge is -2.40. The van der Waals surface area contributed by atoms with Gasteiger partial charge in [-0.3, -0.25) is 4.79 Å². The molecule has 1 aromatic carbocycles. The maximum atomic E-state index is 12.3. The third-order valence-corrected chi connectivity index (χ3v) is 4.25. The second-order valence-electron chi connectivity index (χ2n) is 8.86. The molecule has 1 saturated heterocycles. The Morgan fingerprint density at radius 2 is 1.66 bits per heavy atom. The van der Waals surface area contributed by atoms with Crippen molar-refractivity contribution in [3.8, 4) is 0 Å². The van der Waals surface area contributed by atoms with E-state index >= 15 is 0 Å². The molecule has 0 radical (unpaired) electrons. The molecule has 160 valence electrons. The normalized spacial score (nSPS) is 21.3. The van der Waals surface area contributed by atoms with Crippen LogP contribution in [0, 0.1) is 0 Å². The number of allylic oxidation sites excluding steroid dienone is 1. The van der Waals surface area contributed by atoms with Crippen LogP contribution in [0.25, 0.3) is 5.57 Å². The fourth-order valence-corrected chi connectivity index (χ4v) is 3.16. The standard InChI is InChI=1S/C23H32O6/c1-15(2)16-8-10-17(11-9-16)21(25)26-14-19-12-18(27-23(6,7)28-19)13-20(24)29-22(3,4)5/h8-11,18-19H,1,12-14H2,2-7H3. The van der Waals surface area contributed by atoms with Crippen molar-refractivity contribution in [2.45, 2.75) is 78.0 Å². The number of carbonyl (C=O) groups excluding carboxylic acids is 2. The Bertz CT molecular complexity index is 742. The van der Waals surface area contributed by atoms with Gasteiger partial charge in [-0.2, -0.15) is 0 Å². The van der Waals surface area contributed by atoms with Crippen molar-refractivity contribution in [2.24, 2.45) is 0 Å². The van der Waals surface area contributed by atoms with Gasteiger partial charge in [-0.05, 0) is 59.2 Å². The molecule has 0 amide bonds. The topological polar surface area (TPSA) is 71.1 Å².